The summed E-state index contributed by atoms with van der Waals surface area (Å²) >= 11 is 0. The van der Waals surface area contributed by atoms with Crippen LogP contribution in [0.4, 0.5) is 0 Å². The van der Waals surface area contributed by atoms with Gasteiger partial charge >= 0.3 is 0 Å². The van der Waals surface area contributed by atoms with Gasteiger partial charge in [0.15, 0.2) is 0 Å². The molecule has 0 aliphatic rings. The Morgan fingerprint density at radius 3 is 1.40 bits per heavy atom. The van der Waals surface area contributed by atoms with Crippen molar-refractivity contribution in [3.63, 3.8) is 0 Å². The van der Waals surface area contributed by atoms with Gasteiger partial charge in [-0.2, -0.15) is 0 Å². The van der Waals surface area contributed by atoms with Gasteiger partial charge in [0.1, 0.15) is 0 Å². The lowest BCUT2D eigenvalue weighted by molar-refractivity contribution is 0.929. The Hall–Kier alpha value is 0.651. The summed E-state index contributed by atoms with van der Waals surface area (Å²) in [4.78, 5) is 0. The fourth-order valence-corrected chi connectivity index (χ4v) is 24.0. The Bertz CT molecular complexity index is 91.0. The Morgan fingerprint density at radius 2 is 1.40 bits per heavy atom. The average Bonchev–Trinajstić information content (AvgIpc) is 1.85. The summed E-state index contributed by atoms with van der Waals surface area (Å²) < 4.78 is 0. The first-order valence-electron chi connectivity index (χ1n) is 4.45. The van der Waals surface area contributed by atoms with Gasteiger partial charge in [0.25, 0.3) is 0 Å². The molecular formula is C7H22Si3. The first-order valence-corrected chi connectivity index (χ1v) is 15.1. The molecule has 10 heavy (non-hydrogen) atoms. The van der Waals surface area contributed by atoms with E-state index in [0.29, 0.717) is 8.55 Å². The molecule has 0 rings (SSSR count). The second-order valence-electron chi connectivity index (χ2n) is 4.17. The molecule has 0 N–H and O–H groups in total. The van der Waals surface area contributed by atoms with Crippen LogP contribution in [0.1, 0.15) is 27.7 Å². The minimum absolute atomic E-state index is 0.414. The van der Waals surface area contributed by atoms with Gasteiger partial charge in [-0.3, -0.25) is 0 Å². The topological polar surface area (TPSA) is 0 Å². The molecular weight excluding hydrogens is 168 g/mol. The quantitative estimate of drug-likeness (QED) is 0.579. The molecule has 0 radical (unpaired) electrons. The van der Waals surface area contributed by atoms with Crippen LogP contribution < -0.4 is 0 Å². The molecule has 0 fully saturated rings. The normalized spacial score (nSPS) is 14.7. The molecule has 0 amide bonds. The lowest BCUT2D eigenvalue weighted by Gasteiger charge is -2.34. The van der Waals surface area contributed by atoms with Crippen molar-refractivity contribution in [1.82, 2.24) is 0 Å². The second-order valence-corrected chi connectivity index (χ2v) is 23.3. The van der Waals surface area contributed by atoms with E-state index in [0.717, 1.165) is 11.1 Å². The van der Waals surface area contributed by atoms with Crippen LogP contribution in [0.25, 0.3) is 0 Å². The van der Waals surface area contributed by atoms with E-state index in [4.69, 9.17) is 0 Å². The molecule has 0 saturated heterocycles. The van der Waals surface area contributed by atoms with Gasteiger partial charge in [0.2, 0.25) is 0 Å². The van der Waals surface area contributed by atoms with Crippen molar-refractivity contribution in [2.45, 2.75) is 45.3 Å². The van der Waals surface area contributed by atoms with Crippen LogP contribution in [0.2, 0.25) is 17.6 Å². The number of hydrogen-bond acceptors (Lipinski definition) is 0. The van der Waals surface area contributed by atoms with Crippen LogP contribution in [0.15, 0.2) is 0 Å². The maximum Gasteiger partial charge on any atom is 0.0387 e. The predicted octanol–water partition coefficient (Wildman–Crippen LogP) is 0.831. The van der Waals surface area contributed by atoms with Crippen molar-refractivity contribution >= 4 is 25.9 Å². The number of hydrogen-bond donors (Lipinski definition) is 0. The minimum Gasteiger partial charge on any atom is -0.0714 e. The molecule has 0 atom stereocenters. The zero-order chi connectivity index (χ0) is 8.36. The smallest absolute Gasteiger partial charge is 0.0387 e. The van der Waals surface area contributed by atoms with Crippen molar-refractivity contribution in [2.75, 3.05) is 0 Å². The summed E-state index contributed by atoms with van der Waals surface area (Å²) in [6.45, 7) is 12.4. The van der Waals surface area contributed by atoms with Gasteiger partial charge in [-0.05, 0) is 9.76 Å². The molecule has 0 aliphatic heterocycles. The molecule has 0 nitrogen and oxygen atoms in total. The first kappa shape index (κ1) is 10.7. The molecule has 0 bridgehead atoms. The highest BCUT2D eigenvalue weighted by molar-refractivity contribution is 7.40. The molecule has 0 heterocycles. The third-order valence-electron chi connectivity index (χ3n) is 3.40. The van der Waals surface area contributed by atoms with Crippen molar-refractivity contribution in [3.8, 4) is 0 Å². The highest BCUT2D eigenvalue weighted by atomic mass is 29.5. The van der Waals surface area contributed by atoms with Gasteiger partial charge in [-0.1, -0.05) is 45.3 Å². The highest BCUT2D eigenvalue weighted by Crippen LogP contribution is 2.29. The summed E-state index contributed by atoms with van der Waals surface area (Å²) in [5, 5.41) is 0. The summed E-state index contributed by atoms with van der Waals surface area (Å²) in [6.07, 6.45) is 0. The predicted molar refractivity (Wildman–Crippen MR) is 60.3 cm³/mol. The van der Waals surface area contributed by atoms with Crippen LogP contribution in [-0.2, 0) is 0 Å². The van der Waals surface area contributed by atoms with E-state index in [1.54, 1.807) is 9.76 Å². The SMILES string of the molecule is CC(C)[Si](C)([SiH2][SiH3])C(C)C. The highest BCUT2D eigenvalue weighted by Gasteiger charge is 2.31. The molecule has 0 aromatic heterocycles. The van der Waals surface area contributed by atoms with Gasteiger partial charge in [0, 0.05) is 16.1 Å². The van der Waals surface area contributed by atoms with E-state index < -0.39 is 7.59 Å². The van der Waals surface area contributed by atoms with Crippen molar-refractivity contribution in [2.24, 2.45) is 0 Å². The third-order valence-corrected chi connectivity index (χ3v) is 33.4. The first-order chi connectivity index (χ1) is 4.45. The maximum absolute atomic E-state index is 2.63. The maximum atomic E-state index is 2.63. The Balaban J connectivity index is 4.23. The summed E-state index contributed by atoms with van der Waals surface area (Å²) in [5.41, 5.74) is 2.08. The second kappa shape index (κ2) is 3.88. The van der Waals surface area contributed by atoms with Crippen LogP contribution >= 0.6 is 0 Å². The van der Waals surface area contributed by atoms with Crippen molar-refractivity contribution in [3.05, 3.63) is 0 Å². The molecule has 0 saturated carbocycles. The third kappa shape index (κ3) is 2.07. The van der Waals surface area contributed by atoms with Crippen LogP contribution in [0.5, 0.6) is 0 Å². The Labute approximate surface area is 71.6 Å². The van der Waals surface area contributed by atoms with Crippen molar-refractivity contribution < 1.29 is 0 Å². The fourth-order valence-electron chi connectivity index (χ4n) is 1.48. The van der Waals surface area contributed by atoms with Gasteiger partial charge < -0.3 is 0 Å². The average molecular weight is 191 g/mol. The zero-order valence-corrected chi connectivity index (χ0v) is 12.8. The summed E-state index contributed by atoms with van der Waals surface area (Å²) in [6, 6.07) is 0. The summed E-state index contributed by atoms with van der Waals surface area (Å²) in [5.74, 6) is 0. The van der Waals surface area contributed by atoms with Gasteiger partial charge in [0.05, 0.1) is 0 Å². The molecule has 62 valence electrons. The van der Waals surface area contributed by atoms with Gasteiger partial charge in [-0.15, -0.1) is 0 Å². The van der Waals surface area contributed by atoms with Crippen LogP contribution in [0, 0.1) is 0 Å². The van der Waals surface area contributed by atoms with E-state index in [-0.39, 0.29) is 0 Å². The minimum atomic E-state index is -0.677. The van der Waals surface area contributed by atoms with Crippen LogP contribution in [0.3, 0.4) is 0 Å². The van der Waals surface area contributed by atoms with E-state index in [1.165, 1.54) is 0 Å². The lowest BCUT2D eigenvalue weighted by atomic mass is 10.5. The van der Waals surface area contributed by atoms with E-state index in [2.05, 4.69) is 34.2 Å². The van der Waals surface area contributed by atoms with Crippen molar-refractivity contribution in [1.29, 1.82) is 0 Å². The lowest BCUT2D eigenvalue weighted by Crippen LogP contribution is -2.45. The Morgan fingerprint density at radius 1 is 1.10 bits per heavy atom. The zero-order valence-electron chi connectivity index (χ0n) is 8.36. The molecule has 0 aliphatic carbocycles. The van der Waals surface area contributed by atoms with E-state index in [1.807, 2.05) is 0 Å². The van der Waals surface area contributed by atoms with Gasteiger partial charge in [-0.25, -0.2) is 0 Å². The molecule has 3 heteroatoms. The largest absolute Gasteiger partial charge is 0.0714 e. The molecule has 0 aromatic rings. The summed E-state index contributed by atoms with van der Waals surface area (Å²) in [7, 11) is 1.28. The molecule has 0 unspecified atom stereocenters. The van der Waals surface area contributed by atoms with Crippen LogP contribution in [-0.4, -0.2) is 25.9 Å². The molecule has 0 aromatic carbocycles. The standard InChI is InChI=1S/C7H22Si3/c1-6(2)10(5,9-8)7(3)4/h6-7H,9H2,1-5,8H3. The van der Waals surface area contributed by atoms with E-state index >= 15 is 0 Å². The monoisotopic (exact) mass is 190 g/mol. The molecule has 0 spiro atoms. The fraction of sp³-hybridized carbons (Fsp3) is 1.00. The number of rotatable bonds is 3. The van der Waals surface area contributed by atoms with E-state index in [9.17, 15) is 0 Å². The Kier molecular flexibility index (Phi) is 4.13.